The van der Waals surface area contributed by atoms with Crippen LogP contribution in [0.25, 0.3) is 5.57 Å². The number of nitrogens with zero attached hydrogens (tertiary/aromatic N) is 3. The predicted octanol–water partition coefficient (Wildman–Crippen LogP) is 12.9. The number of hydrogen-bond donors (Lipinski definition) is 1. The van der Waals surface area contributed by atoms with E-state index in [0.717, 1.165) is 47.0 Å². The van der Waals surface area contributed by atoms with Gasteiger partial charge in [-0.1, -0.05) is 111 Å². The number of nitrogens with one attached hydrogen (secondary N) is 1. The smallest absolute Gasteiger partial charge is 0.358 e. The monoisotopic (exact) mass is 769 g/mol. The van der Waals surface area contributed by atoms with Crippen LogP contribution in [0.3, 0.4) is 0 Å². The third-order valence-electron chi connectivity index (χ3n) is 12.1. The Hall–Kier alpha value is -6.59. The van der Waals surface area contributed by atoms with E-state index in [0.29, 0.717) is 0 Å². The third-order valence-corrected chi connectivity index (χ3v) is 12.1. The van der Waals surface area contributed by atoms with Crippen LogP contribution >= 0.6 is 0 Å². The average Bonchev–Trinajstić information content (AvgIpc) is 3.71. The molecule has 1 aliphatic rings. The Kier molecular flexibility index (Phi) is 11.4. The molecule has 0 aliphatic carbocycles. The number of aryl methyl sites for hydroxylation is 1. The lowest BCUT2D eigenvalue weighted by molar-refractivity contribution is -0.315. The van der Waals surface area contributed by atoms with E-state index < -0.39 is 0 Å². The molecule has 0 radical (unpaired) electrons. The minimum atomic E-state index is -0.0899. The van der Waals surface area contributed by atoms with Crippen LogP contribution in [0.1, 0.15) is 63.6 Å². The largest absolute Gasteiger partial charge is 0.559 e. The fraction of sp³-hybridized carbons (Fsp3) is 0.167. The first-order valence-electron chi connectivity index (χ1n) is 21.0. The summed E-state index contributed by atoms with van der Waals surface area (Å²) in [7, 11) is 0. The molecule has 1 aromatic heterocycles. The normalized spacial score (nSPS) is 13.5. The van der Waals surface area contributed by atoms with E-state index in [9.17, 15) is 0 Å². The lowest BCUT2D eigenvalue weighted by Crippen LogP contribution is -2.52. The van der Waals surface area contributed by atoms with Gasteiger partial charge in [0.05, 0.1) is 5.69 Å². The highest BCUT2D eigenvalue weighted by Gasteiger charge is 2.45. The van der Waals surface area contributed by atoms with Gasteiger partial charge in [-0.3, -0.25) is 4.49 Å². The van der Waals surface area contributed by atoms with E-state index in [1.54, 1.807) is 0 Å². The summed E-state index contributed by atoms with van der Waals surface area (Å²) in [5.74, 6) is 0. The van der Waals surface area contributed by atoms with Gasteiger partial charge in [0.2, 0.25) is 0 Å². The summed E-state index contributed by atoms with van der Waals surface area (Å²) < 4.78 is 2.63. The molecule has 0 fully saturated rings. The first-order valence-corrected chi connectivity index (χ1v) is 21.0. The number of aromatic amines is 1. The highest BCUT2D eigenvalue weighted by atomic mass is 15.1. The lowest BCUT2D eigenvalue weighted by Gasteiger charge is -2.26. The van der Waals surface area contributed by atoms with E-state index in [1.807, 2.05) is 0 Å². The van der Waals surface area contributed by atoms with Crippen molar-refractivity contribution in [3.63, 3.8) is 0 Å². The van der Waals surface area contributed by atoms with Crippen LogP contribution in [0.4, 0.5) is 34.1 Å². The SMILES string of the molecule is CCC1=C(C)/C(=C(\C)c2[nH]c(C)c(CC)c2C)[N+](B(c2ccc(N(c3ccccc3)c3ccccc3)cc2)c2ccc(N(c3ccccc3)c3ccccc3)cc2)=C1C. The van der Waals surface area contributed by atoms with Gasteiger partial charge < -0.3 is 14.8 Å². The molecular formula is C54H54BN4+. The van der Waals surface area contributed by atoms with Crippen LogP contribution in [0, 0.1) is 13.8 Å². The Bertz CT molecular complexity index is 2430. The molecule has 4 nitrogen and oxygen atoms in total. The first kappa shape index (κ1) is 39.3. The maximum atomic E-state index is 3.82. The Labute approximate surface area is 351 Å². The van der Waals surface area contributed by atoms with Gasteiger partial charge in [-0.15, -0.1) is 0 Å². The van der Waals surface area contributed by atoms with E-state index in [1.165, 1.54) is 61.6 Å². The van der Waals surface area contributed by atoms with E-state index in [-0.39, 0.29) is 6.85 Å². The van der Waals surface area contributed by atoms with Crippen molar-refractivity contribution in [2.45, 2.75) is 61.3 Å². The minimum absolute atomic E-state index is 0.0899. The second-order valence-electron chi connectivity index (χ2n) is 15.6. The Balaban J connectivity index is 1.31. The molecule has 7 aromatic rings. The number of benzene rings is 6. The fourth-order valence-corrected chi connectivity index (χ4v) is 9.33. The molecule has 59 heavy (non-hydrogen) atoms. The van der Waals surface area contributed by atoms with E-state index in [4.69, 9.17) is 0 Å². The molecular weight excluding hydrogens is 715 g/mol. The highest BCUT2D eigenvalue weighted by Crippen LogP contribution is 2.38. The minimum Gasteiger partial charge on any atom is -0.358 e. The van der Waals surface area contributed by atoms with E-state index >= 15 is 0 Å². The number of H-pyrrole nitrogens is 1. The lowest BCUT2D eigenvalue weighted by atomic mass is 9.49. The Morgan fingerprint density at radius 2 is 0.881 bits per heavy atom. The summed E-state index contributed by atoms with van der Waals surface area (Å²) in [6.45, 7) is 15.9. The van der Waals surface area contributed by atoms with Gasteiger partial charge in [-0.25, -0.2) is 0 Å². The quantitative estimate of drug-likeness (QED) is 0.125. The zero-order valence-electron chi connectivity index (χ0n) is 35.5. The van der Waals surface area contributed by atoms with Gasteiger partial charge in [-0.2, -0.15) is 0 Å². The van der Waals surface area contributed by atoms with Gasteiger partial charge in [0.15, 0.2) is 11.4 Å². The van der Waals surface area contributed by atoms with Crippen molar-refractivity contribution in [1.82, 2.24) is 4.98 Å². The topological polar surface area (TPSA) is 25.3 Å². The molecule has 5 heteroatoms. The summed E-state index contributed by atoms with van der Waals surface area (Å²) in [5, 5.41) is 0. The Morgan fingerprint density at radius 1 is 0.508 bits per heavy atom. The second-order valence-corrected chi connectivity index (χ2v) is 15.6. The zero-order valence-corrected chi connectivity index (χ0v) is 35.5. The van der Waals surface area contributed by atoms with Crippen LogP contribution < -0.4 is 20.7 Å². The average molecular weight is 770 g/mol. The van der Waals surface area contributed by atoms with Crippen molar-refractivity contribution in [2.24, 2.45) is 0 Å². The number of aromatic nitrogens is 1. The molecule has 1 aliphatic heterocycles. The van der Waals surface area contributed by atoms with Gasteiger partial charge in [0.25, 0.3) is 0 Å². The van der Waals surface area contributed by atoms with Crippen molar-refractivity contribution in [3.8, 4) is 0 Å². The van der Waals surface area contributed by atoms with Crippen LogP contribution in [0.2, 0.25) is 0 Å². The number of rotatable bonds is 12. The van der Waals surface area contributed by atoms with Crippen molar-refractivity contribution >= 4 is 63.2 Å². The maximum Gasteiger partial charge on any atom is 0.559 e. The maximum absolute atomic E-state index is 3.82. The van der Waals surface area contributed by atoms with Gasteiger partial charge in [0.1, 0.15) is 0 Å². The molecule has 8 rings (SSSR count). The molecule has 6 aromatic carbocycles. The van der Waals surface area contributed by atoms with Crippen molar-refractivity contribution in [2.75, 3.05) is 9.80 Å². The molecule has 0 unspecified atom stereocenters. The first-order chi connectivity index (χ1) is 28.8. The fourth-order valence-electron chi connectivity index (χ4n) is 9.33. The molecule has 0 bridgehead atoms. The molecule has 0 amide bonds. The number of para-hydroxylation sites is 4. The Morgan fingerprint density at radius 3 is 1.22 bits per heavy atom. The summed E-state index contributed by atoms with van der Waals surface area (Å²) in [6, 6.07) is 61.1. The molecule has 292 valence electrons. The molecule has 1 N–H and O–H groups in total. The molecule has 0 spiro atoms. The van der Waals surface area contributed by atoms with Crippen molar-refractivity contribution in [1.29, 1.82) is 0 Å². The number of hydrogen-bond acceptors (Lipinski definition) is 2. The van der Waals surface area contributed by atoms with Gasteiger partial charge in [0, 0.05) is 74.4 Å². The number of allylic oxidation sites excluding steroid dienone is 3. The van der Waals surface area contributed by atoms with Crippen molar-refractivity contribution < 1.29 is 4.49 Å². The van der Waals surface area contributed by atoms with E-state index in [2.05, 4.69) is 238 Å². The third kappa shape index (κ3) is 7.50. The summed E-state index contributed by atoms with van der Waals surface area (Å²) >= 11 is 0. The molecule has 0 saturated heterocycles. The van der Waals surface area contributed by atoms with Crippen LogP contribution in [0.5, 0.6) is 0 Å². The van der Waals surface area contributed by atoms with Crippen LogP contribution in [-0.4, -0.2) is 22.0 Å². The summed E-state index contributed by atoms with van der Waals surface area (Å²) in [4.78, 5) is 8.49. The van der Waals surface area contributed by atoms with Gasteiger partial charge in [-0.05, 0) is 124 Å². The summed E-state index contributed by atoms with van der Waals surface area (Å²) in [5.41, 5.74) is 21.1. The van der Waals surface area contributed by atoms with Crippen LogP contribution in [-0.2, 0) is 6.42 Å². The van der Waals surface area contributed by atoms with Crippen LogP contribution in [0.15, 0.2) is 187 Å². The standard InChI is InChI=1S/C54H53BN4/c1-8-51-38(3)53(56-41(51)6)40(5)54-39(4)52(9-2)42(7)59(54)55(43-30-34-49(35-31-43)57(45-22-14-10-15-23-45)46-24-16-11-17-25-46)44-32-36-50(37-33-44)58(47-26-18-12-19-27-47)48-28-20-13-21-29-48/h10-37H,8-9H2,1-7H3/p+1. The summed E-state index contributed by atoms with van der Waals surface area (Å²) in [6.07, 6.45) is 1.97. The van der Waals surface area contributed by atoms with Gasteiger partial charge >= 0.3 is 6.85 Å². The predicted molar refractivity (Wildman–Crippen MR) is 253 cm³/mol. The highest BCUT2D eigenvalue weighted by molar-refractivity contribution is 6.79. The molecule has 2 heterocycles. The zero-order chi connectivity index (χ0) is 41.0. The molecule has 0 atom stereocenters. The molecule has 0 saturated carbocycles. The van der Waals surface area contributed by atoms with Crippen molar-refractivity contribution in [3.05, 3.63) is 209 Å². The number of anilines is 6. The second kappa shape index (κ2) is 17.1.